The number of carbonyl (C=O) groups is 1. The second-order valence-electron chi connectivity index (χ2n) is 6.66. The van der Waals surface area contributed by atoms with Gasteiger partial charge in [-0.05, 0) is 18.6 Å². The zero-order valence-corrected chi connectivity index (χ0v) is 15.0. The van der Waals surface area contributed by atoms with Gasteiger partial charge in [0.15, 0.2) is 11.3 Å². The third kappa shape index (κ3) is 2.46. The van der Waals surface area contributed by atoms with E-state index in [4.69, 9.17) is 11.5 Å². The summed E-state index contributed by atoms with van der Waals surface area (Å²) in [5.41, 5.74) is 12.2. The Morgan fingerprint density at radius 3 is 2.92 bits per heavy atom. The smallest absolute Gasteiger partial charge is 0.270 e. The topological polar surface area (TPSA) is 105 Å². The van der Waals surface area contributed by atoms with Crippen LogP contribution in [0.25, 0.3) is 10.6 Å². The van der Waals surface area contributed by atoms with Gasteiger partial charge in [-0.25, -0.2) is 4.98 Å². The summed E-state index contributed by atoms with van der Waals surface area (Å²) in [5, 5.41) is 11.8. The van der Waals surface area contributed by atoms with Crippen molar-refractivity contribution in [1.29, 1.82) is 0 Å². The first kappa shape index (κ1) is 16.6. The number of likely N-dealkylation sites (N-methyl/N-ethyl adjacent to an activating group) is 1. The van der Waals surface area contributed by atoms with Crippen molar-refractivity contribution in [2.75, 3.05) is 12.8 Å². The molecule has 1 amide bonds. The maximum Gasteiger partial charge on any atom is 0.270 e. The first-order valence-corrected chi connectivity index (χ1v) is 8.97. The number of nitrogens with two attached hydrogens (primary N) is 2. The van der Waals surface area contributed by atoms with Crippen LogP contribution in [-0.2, 0) is 0 Å². The van der Waals surface area contributed by atoms with Crippen LogP contribution >= 0.6 is 11.3 Å². The molecule has 26 heavy (non-hydrogen) atoms. The lowest BCUT2D eigenvalue weighted by Crippen LogP contribution is -2.32. The molecule has 1 saturated heterocycles. The van der Waals surface area contributed by atoms with E-state index >= 15 is 0 Å². The first-order chi connectivity index (χ1) is 12.3. The van der Waals surface area contributed by atoms with E-state index in [0.717, 1.165) is 17.5 Å². The van der Waals surface area contributed by atoms with E-state index in [1.165, 1.54) is 11.3 Å². The van der Waals surface area contributed by atoms with Crippen LogP contribution < -0.4 is 11.5 Å². The van der Waals surface area contributed by atoms with Gasteiger partial charge < -0.3 is 21.5 Å². The molecule has 1 aromatic carbocycles. The minimum absolute atomic E-state index is 0.0841. The first-order valence-electron chi connectivity index (χ1n) is 8.15. The van der Waals surface area contributed by atoms with E-state index in [2.05, 4.69) is 23.4 Å². The number of carbonyl (C=O) groups excluding carboxylic acids is 1. The van der Waals surface area contributed by atoms with E-state index in [1.807, 2.05) is 36.2 Å². The van der Waals surface area contributed by atoms with Gasteiger partial charge in [0.05, 0.1) is 5.70 Å². The van der Waals surface area contributed by atoms with Crippen LogP contribution in [0.15, 0.2) is 36.5 Å². The highest BCUT2D eigenvalue weighted by Gasteiger charge is 2.62. The summed E-state index contributed by atoms with van der Waals surface area (Å²) in [5.74, 6) is 5.55. The summed E-state index contributed by atoms with van der Waals surface area (Å²) < 4.78 is 0. The molecule has 1 aliphatic carbocycles. The molecule has 2 heterocycles. The Labute approximate surface area is 155 Å². The van der Waals surface area contributed by atoms with Crippen molar-refractivity contribution < 1.29 is 9.90 Å². The van der Waals surface area contributed by atoms with Gasteiger partial charge in [0, 0.05) is 30.1 Å². The molecule has 5 N–H and O–H groups in total. The molecule has 132 valence electrons. The molecule has 7 heteroatoms. The summed E-state index contributed by atoms with van der Waals surface area (Å²) in [7, 11) is 1.94. The molecule has 2 fully saturated rings. The van der Waals surface area contributed by atoms with Crippen molar-refractivity contribution in [2.24, 2.45) is 11.7 Å². The SMILES string of the molecule is C=C1N(C)C2CC2C1(O)C#Cc1cccc(-c2nc(C(N)=O)c(N)s2)c1. The molecule has 1 aromatic heterocycles. The largest absolute Gasteiger partial charge is 0.389 e. The second kappa shape index (κ2) is 5.59. The van der Waals surface area contributed by atoms with Crippen molar-refractivity contribution >= 4 is 22.2 Å². The fourth-order valence-electron chi connectivity index (χ4n) is 3.44. The lowest BCUT2D eigenvalue weighted by molar-refractivity contribution is 0.0997. The van der Waals surface area contributed by atoms with Crippen molar-refractivity contribution in [1.82, 2.24) is 9.88 Å². The fourth-order valence-corrected chi connectivity index (χ4v) is 4.27. The molecule has 1 saturated carbocycles. The molecule has 2 aromatic rings. The Hall–Kier alpha value is -2.82. The van der Waals surface area contributed by atoms with Gasteiger partial charge in [0.2, 0.25) is 0 Å². The number of anilines is 1. The molecule has 3 atom stereocenters. The number of primary amides is 1. The number of rotatable bonds is 2. The highest BCUT2D eigenvalue weighted by Crippen LogP contribution is 2.54. The minimum Gasteiger partial charge on any atom is -0.389 e. The zero-order chi connectivity index (χ0) is 18.6. The zero-order valence-electron chi connectivity index (χ0n) is 14.2. The van der Waals surface area contributed by atoms with Crippen molar-refractivity contribution in [3.63, 3.8) is 0 Å². The summed E-state index contributed by atoms with van der Waals surface area (Å²) in [6.45, 7) is 3.98. The quantitative estimate of drug-likeness (QED) is 0.697. The Morgan fingerprint density at radius 2 is 2.31 bits per heavy atom. The molecule has 0 spiro atoms. The Kier molecular flexibility index (Phi) is 3.58. The monoisotopic (exact) mass is 366 g/mol. The number of nitrogens with zero attached hydrogens (tertiary/aromatic N) is 2. The predicted molar refractivity (Wildman–Crippen MR) is 101 cm³/mol. The molecule has 3 unspecified atom stereocenters. The average molecular weight is 366 g/mol. The summed E-state index contributed by atoms with van der Waals surface area (Å²) in [6.07, 6.45) is 0.940. The molecular weight excluding hydrogens is 348 g/mol. The minimum atomic E-state index is -1.17. The number of amides is 1. The third-order valence-corrected chi connectivity index (χ3v) is 5.98. The van der Waals surface area contributed by atoms with E-state index in [0.29, 0.717) is 21.7 Å². The lowest BCUT2D eigenvalue weighted by atomic mass is 9.96. The molecule has 4 rings (SSSR count). The maximum atomic E-state index is 11.3. The number of aromatic nitrogens is 1. The highest BCUT2D eigenvalue weighted by atomic mass is 32.1. The van der Waals surface area contributed by atoms with Crippen LogP contribution in [-0.4, -0.2) is 39.6 Å². The number of likely N-dealkylation sites (tertiary alicyclic amines) is 1. The highest BCUT2D eigenvalue weighted by molar-refractivity contribution is 7.19. The van der Waals surface area contributed by atoms with Crippen LogP contribution in [0.3, 0.4) is 0 Å². The maximum absolute atomic E-state index is 11.3. The van der Waals surface area contributed by atoms with Gasteiger partial charge in [-0.2, -0.15) is 0 Å². The molecule has 2 aliphatic rings. The van der Waals surface area contributed by atoms with Gasteiger partial charge in [-0.15, -0.1) is 0 Å². The van der Waals surface area contributed by atoms with Crippen LogP contribution in [0, 0.1) is 17.8 Å². The number of aliphatic hydroxyl groups is 1. The van der Waals surface area contributed by atoms with Gasteiger partial charge in [0.25, 0.3) is 5.91 Å². The van der Waals surface area contributed by atoms with Crippen molar-refractivity contribution in [3.05, 3.63) is 47.8 Å². The Balaban J connectivity index is 1.65. The molecule has 6 nitrogen and oxygen atoms in total. The Morgan fingerprint density at radius 1 is 1.54 bits per heavy atom. The lowest BCUT2D eigenvalue weighted by Gasteiger charge is -2.24. The third-order valence-electron chi connectivity index (χ3n) is 5.05. The van der Waals surface area contributed by atoms with Gasteiger partial charge >= 0.3 is 0 Å². The number of hydrogen-bond donors (Lipinski definition) is 3. The van der Waals surface area contributed by atoms with E-state index < -0.39 is 11.5 Å². The Bertz CT molecular complexity index is 1000. The van der Waals surface area contributed by atoms with Crippen LogP contribution in [0.2, 0.25) is 0 Å². The van der Waals surface area contributed by atoms with E-state index in [-0.39, 0.29) is 11.6 Å². The van der Waals surface area contributed by atoms with Gasteiger partial charge in [-0.3, -0.25) is 4.79 Å². The van der Waals surface area contributed by atoms with E-state index in [1.54, 1.807) is 0 Å². The van der Waals surface area contributed by atoms with Crippen molar-refractivity contribution in [2.45, 2.75) is 18.1 Å². The number of hydrogen-bond acceptors (Lipinski definition) is 6. The number of thiazole rings is 1. The fraction of sp³-hybridized carbons (Fsp3) is 0.263. The predicted octanol–water partition coefficient (Wildman–Crippen LogP) is 1.42. The number of benzene rings is 1. The number of nitrogen functional groups attached to an aromatic ring is 1. The normalized spacial score (nSPS) is 26.2. The molecule has 0 bridgehead atoms. The standard InChI is InChI=1S/C19H18N4O2S/c1-10-19(25,13-9-14(13)23(10)2)7-6-11-4-3-5-12(8-11)18-22-15(16(20)24)17(21)26-18/h3-5,8,13-14,25H,1,9,21H2,2H3,(H2,20,24). The van der Waals surface area contributed by atoms with Crippen LogP contribution in [0.4, 0.5) is 5.00 Å². The van der Waals surface area contributed by atoms with Crippen LogP contribution in [0.5, 0.6) is 0 Å². The molecular formula is C19H18N4O2S. The summed E-state index contributed by atoms with van der Waals surface area (Å²) >= 11 is 1.20. The summed E-state index contributed by atoms with van der Waals surface area (Å²) in [4.78, 5) is 17.6. The van der Waals surface area contributed by atoms with E-state index in [9.17, 15) is 9.90 Å². The summed E-state index contributed by atoms with van der Waals surface area (Å²) in [6, 6.07) is 7.77. The number of fused-ring (bicyclic) bond motifs is 1. The van der Waals surface area contributed by atoms with Gasteiger partial charge in [0.1, 0.15) is 10.0 Å². The van der Waals surface area contributed by atoms with Crippen molar-refractivity contribution in [3.8, 4) is 22.4 Å². The average Bonchev–Trinajstić information content (AvgIpc) is 3.29. The molecule has 1 aliphatic heterocycles. The molecule has 0 radical (unpaired) electrons. The van der Waals surface area contributed by atoms with Gasteiger partial charge in [-0.1, -0.05) is 41.9 Å². The van der Waals surface area contributed by atoms with Crippen LogP contribution in [0.1, 0.15) is 22.5 Å². The number of piperidine rings is 1. The second-order valence-corrected chi connectivity index (χ2v) is 7.69.